The molecule has 122 valence electrons. The fourth-order valence-electron chi connectivity index (χ4n) is 2.34. The van der Waals surface area contributed by atoms with Gasteiger partial charge >= 0.3 is 6.18 Å². The van der Waals surface area contributed by atoms with Crippen molar-refractivity contribution in [2.45, 2.75) is 6.18 Å². The number of rotatable bonds is 2. The molecule has 1 aliphatic heterocycles. The van der Waals surface area contributed by atoms with Crippen molar-refractivity contribution in [3.63, 3.8) is 0 Å². The summed E-state index contributed by atoms with van der Waals surface area (Å²) >= 11 is 0. The van der Waals surface area contributed by atoms with Crippen molar-refractivity contribution in [3.8, 4) is 0 Å². The van der Waals surface area contributed by atoms with Crippen LogP contribution in [0.5, 0.6) is 0 Å². The lowest BCUT2D eigenvalue weighted by molar-refractivity contribution is -0.137. The molecule has 0 unspecified atom stereocenters. The Morgan fingerprint density at radius 3 is 2.57 bits per heavy atom. The van der Waals surface area contributed by atoms with E-state index in [9.17, 15) is 13.2 Å². The SMILES string of the molecule is FC(F)(F)c1ccccc1C(=NN1CCOCC1)n1ccnc1. The van der Waals surface area contributed by atoms with Gasteiger partial charge in [0, 0.05) is 18.0 Å². The Hall–Kier alpha value is -2.35. The Labute approximate surface area is 131 Å². The Bertz CT molecular complexity index is 676. The molecule has 3 rings (SSSR count). The number of benzene rings is 1. The molecule has 23 heavy (non-hydrogen) atoms. The standard InChI is InChI=1S/C15H15F3N4O/c16-15(17,18)13-4-2-1-3-12(13)14(21-6-5-19-11-21)20-22-7-9-23-10-8-22/h1-6,11H,7-10H2. The second-order valence-electron chi connectivity index (χ2n) is 5.00. The first kappa shape index (κ1) is 15.5. The van der Waals surface area contributed by atoms with Crippen LogP contribution < -0.4 is 0 Å². The molecule has 1 aliphatic rings. The van der Waals surface area contributed by atoms with E-state index in [1.165, 1.54) is 29.2 Å². The zero-order valence-corrected chi connectivity index (χ0v) is 12.2. The van der Waals surface area contributed by atoms with Crippen molar-refractivity contribution in [3.05, 3.63) is 54.1 Å². The fourth-order valence-corrected chi connectivity index (χ4v) is 2.34. The van der Waals surface area contributed by atoms with E-state index in [0.29, 0.717) is 26.3 Å². The van der Waals surface area contributed by atoms with Crippen LogP contribution in [0.25, 0.3) is 0 Å². The normalized spacial score (nSPS) is 16.7. The maximum Gasteiger partial charge on any atom is 0.417 e. The second-order valence-corrected chi connectivity index (χ2v) is 5.00. The zero-order valence-electron chi connectivity index (χ0n) is 12.2. The lowest BCUT2D eigenvalue weighted by atomic mass is 10.1. The highest BCUT2D eigenvalue weighted by atomic mass is 19.4. The highest BCUT2D eigenvalue weighted by Crippen LogP contribution is 2.32. The third kappa shape index (κ3) is 3.53. The van der Waals surface area contributed by atoms with Crippen LogP contribution in [-0.2, 0) is 10.9 Å². The summed E-state index contributed by atoms with van der Waals surface area (Å²) in [7, 11) is 0. The van der Waals surface area contributed by atoms with E-state index in [1.807, 2.05) is 0 Å². The molecule has 5 nitrogen and oxygen atoms in total. The first-order chi connectivity index (χ1) is 11.1. The van der Waals surface area contributed by atoms with Gasteiger partial charge in [0.15, 0.2) is 5.84 Å². The first-order valence-corrected chi connectivity index (χ1v) is 7.12. The van der Waals surface area contributed by atoms with Crippen molar-refractivity contribution in [1.29, 1.82) is 0 Å². The number of aromatic nitrogens is 2. The smallest absolute Gasteiger partial charge is 0.378 e. The van der Waals surface area contributed by atoms with E-state index in [1.54, 1.807) is 17.3 Å². The molecule has 0 saturated carbocycles. The summed E-state index contributed by atoms with van der Waals surface area (Å²) in [5.74, 6) is 0.192. The third-order valence-corrected chi connectivity index (χ3v) is 3.45. The van der Waals surface area contributed by atoms with Gasteiger partial charge in [-0.15, -0.1) is 0 Å². The van der Waals surface area contributed by atoms with Crippen LogP contribution in [0.3, 0.4) is 0 Å². The molecule has 0 amide bonds. The van der Waals surface area contributed by atoms with Crippen LogP contribution in [0, 0.1) is 0 Å². The third-order valence-electron chi connectivity index (χ3n) is 3.45. The molecule has 1 aromatic heterocycles. The van der Waals surface area contributed by atoms with Crippen molar-refractivity contribution in [2.75, 3.05) is 26.3 Å². The summed E-state index contributed by atoms with van der Waals surface area (Å²) < 4.78 is 46.7. The van der Waals surface area contributed by atoms with E-state index >= 15 is 0 Å². The van der Waals surface area contributed by atoms with Gasteiger partial charge in [0.2, 0.25) is 0 Å². The minimum absolute atomic E-state index is 0.0180. The second kappa shape index (κ2) is 6.41. The number of halogens is 3. The van der Waals surface area contributed by atoms with Crippen LogP contribution in [-0.4, -0.2) is 46.7 Å². The van der Waals surface area contributed by atoms with Crippen LogP contribution in [0.1, 0.15) is 11.1 Å². The largest absolute Gasteiger partial charge is 0.417 e. The molecule has 0 N–H and O–H groups in total. The predicted octanol–water partition coefficient (Wildman–Crippen LogP) is 2.44. The van der Waals surface area contributed by atoms with Gasteiger partial charge < -0.3 is 4.74 Å². The summed E-state index contributed by atoms with van der Waals surface area (Å²) in [5.41, 5.74) is -0.704. The molecular weight excluding hydrogens is 309 g/mol. The quantitative estimate of drug-likeness (QED) is 0.629. The lowest BCUT2D eigenvalue weighted by Gasteiger charge is -2.25. The van der Waals surface area contributed by atoms with Crippen LogP contribution >= 0.6 is 0 Å². The number of alkyl halides is 3. The van der Waals surface area contributed by atoms with Crippen LogP contribution in [0.2, 0.25) is 0 Å². The van der Waals surface area contributed by atoms with Crippen molar-refractivity contribution in [1.82, 2.24) is 14.6 Å². The minimum Gasteiger partial charge on any atom is -0.378 e. The summed E-state index contributed by atoms with van der Waals surface area (Å²) in [4.78, 5) is 3.91. The van der Waals surface area contributed by atoms with Gasteiger partial charge in [0.05, 0.1) is 31.9 Å². The fraction of sp³-hybridized carbons (Fsp3) is 0.333. The highest BCUT2D eigenvalue weighted by Gasteiger charge is 2.34. The summed E-state index contributed by atoms with van der Waals surface area (Å²) in [6.45, 7) is 2.07. The molecule has 2 heterocycles. The van der Waals surface area contributed by atoms with Gasteiger partial charge in [0.25, 0.3) is 0 Å². The molecule has 8 heteroatoms. The Morgan fingerprint density at radius 1 is 1.17 bits per heavy atom. The number of morpholine rings is 1. The number of nitrogens with zero attached hydrogens (tertiary/aromatic N) is 4. The van der Waals surface area contributed by atoms with E-state index < -0.39 is 11.7 Å². The van der Waals surface area contributed by atoms with Gasteiger partial charge in [-0.25, -0.2) is 4.98 Å². The van der Waals surface area contributed by atoms with E-state index in [-0.39, 0.29) is 11.4 Å². The average molecular weight is 324 g/mol. The Morgan fingerprint density at radius 2 is 1.91 bits per heavy atom. The molecule has 0 atom stereocenters. The van der Waals surface area contributed by atoms with E-state index in [4.69, 9.17) is 4.74 Å². The van der Waals surface area contributed by atoms with E-state index in [2.05, 4.69) is 10.1 Å². The van der Waals surface area contributed by atoms with Crippen LogP contribution in [0.4, 0.5) is 13.2 Å². The molecular formula is C15H15F3N4O. The van der Waals surface area contributed by atoms with Crippen LogP contribution in [0.15, 0.2) is 48.1 Å². The molecule has 0 bridgehead atoms. The lowest BCUT2D eigenvalue weighted by Crippen LogP contribution is -2.34. The predicted molar refractivity (Wildman–Crippen MR) is 78.0 cm³/mol. The number of hydrogen-bond acceptors (Lipinski definition) is 4. The number of hydrogen-bond donors (Lipinski definition) is 0. The average Bonchev–Trinajstić information content (AvgIpc) is 3.07. The Balaban J connectivity index is 2.08. The number of ether oxygens (including phenoxy) is 1. The molecule has 0 spiro atoms. The molecule has 1 saturated heterocycles. The molecule has 0 radical (unpaired) electrons. The summed E-state index contributed by atoms with van der Waals surface area (Å²) in [6, 6.07) is 5.41. The monoisotopic (exact) mass is 324 g/mol. The summed E-state index contributed by atoms with van der Waals surface area (Å²) in [6.07, 6.45) is 0.0624. The topological polar surface area (TPSA) is 42.6 Å². The van der Waals surface area contributed by atoms with E-state index in [0.717, 1.165) is 6.07 Å². The van der Waals surface area contributed by atoms with Gasteiger partial charge in [-0.05, 0) is 6.07 Å². The van der Waals surface area contributed by atoms with Gasteiger partial charge in [-0.1, -0.05) is 18.2 Å². The summed E-state index contributed by atoms with van der Waals surface area (Å²) in [5, 5.41) is 6.13. The highest BCUT2D eigenvalue weighted by molar-refractivity contribution is 6.01. The molecule has 1 aromatic carbocycles. The maximum absolute atomic E-state index is 13.3. The van der Waals surface area contributed by atoms with Gasteiger partial charge in [0.1, 0.15) is 6.33 Å². The van der Waals surface area contributed by atoms with Crippen molar-refractivity contribution >= 4 is 5.84 Å². The van der Waals surface area contributed by atoms with Crippen molar-refractivity contribution in [2.24, 2.45) is 5.10 Å². The maximum atomic E-state index is 13.3. The van der Waals surface area contributed by atoms with Gasteiger partial charge in [-0.3, -0.25) is 9.58 Å². The van der Waals surface area contributed by atoms with Crippen molar-refractivity contribution < 1.29 is 17.9 Å². The first-order valence-electron chi connectivity index (χ1n) is 7.12. The minimum atomic E-state index is -4.46. The Kier molecular flexibility index (Phi) is 4.33. The zero-order chi connectivity index (χ0) is 16.3. The number of imidazole rings is 1. The molecule has 2 aromatic rings. The molecule has 0 aliphatic carbocycles. The molecule has 1 fully saturated rings. The van der Waals surface area contributed by atoms with Gasteiger partial charge in [-0.2, -0.15) is 18.3 Å². The number of hydrazone groups is 1.